The van der Waals surface area contributed by atoms with Crippen LogP contribution in [0.5, 0.6) is 5.75 Å². The molecule has 1 aliphatic rings. The van der Waals surface area contributed by atoms with Crippen molar-refractivity contribution in [3.05, 3.63) is 71.6 Å². The molecule has 0 spiro atoms. The highest BCUT2D eigenvalue weighted by Crippen LogP contribution is 2.33. The molecule has 3 aromatic rings. The minimum atomic E-state index is -0.389. The average molecular weight is 448 g/mol. The van der Waals surface area contributed by atoms with Crippen LogP contribution < -0.4 is 10.1 Å². The van der Waals surface area contributed by atoms with Gasteiger partial charge in [-0.2, -0.15) is 0 Å². The normalized spacial score (nSPS) is 16.4. The van der Waals surface area contributed by atoms with Crippen LogP contribution in [0.2, 0.25) is 0 Å². The minimum absolute atomic E-state index is 0.0550. The van der Waals surface area contributed by atoms with Gasteiger partial charge in [0.1, 0.15) is 5.75 Å². The van der Waals surface area contributed by atoms with E-state index >= 15 is 0 Å². The largest absolute Gasteiger partial charge is 0.496 e. The van der Waals surface area contributed by atoms with Crippen molar-refractivity contribution in [1.29, 1.82) is 0 Å². The first-order valence-corrected chi connectivity index (χ1v) is 11.2. The van der Waals surface area contributed by atoms with Crippen molar-refractivity contribution in [2.24, 2.45) is 5.92 Å². The molecule has 7 heteroatoms. The van der Waals surface area contributed by atoms with E-state index in [9.17, 15) is 9.59 Å². The molecule has 1 N–H and O–H groups in total. The molecule has 1 saturated heterocycles. The highest BCUT2D eigenvalue weighted by atomic mass is 16.5. The van der Waals surface area contributed by atoms with E-state index in [2.05, 4.69) is 10.5 Å². The molecule has 7 nitrogen and oxygen atoms in total. The van der Waals surface area contributed by atoms with E-state index in [1.807, 2.05) is 62.4 Å². The van der Waals surface area contributed by atoms with E-state index in [0.717, 1.165) is 28.1 Å². The minimum Gasteiger partial charge on any atom is -0.496 e. The molecule has 0 aliphatic carbocycles. The van der Waals surface area contributed by atoms with Gasteiger partial charge in [0.05, 0.1) is 18.7 Å². The third kappa shape index (κ3) is 4.92. The number of aromatic nitrogens is 1. The van der Waals surface area contributed by atoms with Crippen LogP contribution in [-0.2, 0) is 11.2 Å². The van der Waals surface area contributed by atoms with Crippen molar-refractivity contribution < 1.29 is 18.8 Å². The molecule has 2 aromatic carbocycles. The third-order valence-electron chi connectivity index (χ3n) is 5.99. The van der Waals surface area contributed by atoms with Gasteiger partial charge in [-0.1, -0.05) is 61.5 Å². The van der Waals surface area contributed by atoms with E-state index < -0.39 is 0 Å². The van der Waals surface area contributed by atoms with Crippen LogP contribution in [0.15, 0.2) is 59.1 Å². The van der Waals surface area contributed by atoms with Crippen LogP contribution in [0.4, 0.5) is 0 Å². The molecule has 1 fully saturated rings. The Kier molecular flexibility index (Phi) is 6.77. The Bertz CT molecular complexity index is 1140. The van der Waals surface area contributed by atoms with E-state index in [4.69, 9.17) is 9.26 Å². The van der Waals surface area contributed by atoms with Gasteiger partial charge in [-0.25, -0.2) is 0 Å². The lowest BCUT2D eigenvalue weighted by molar-refractivity contribution is -0.124. The van der Waals surface area contributed by atoms with Crippen LogP contribution >= 0.6 is 0 Å². The quantitative estimate of drug-likeness (QED) is 0.619. The van der Waals surface area contributed by atoms with Crippen LogP contribution in [0.25, 0.3) is 11.1 Å². The Hall–Kier alpha value is -3.61. The maximum atomic E-state index is 13.1. The van der Waals surface area contributed by atoms with Gasteiger partial charge in [0.2, 0.25) is 11.7 Å². The second-order valence-electron chi connectivity index (χ2n) is 8.57. The molecule has 1 unspecified atom stereocenters. The number of para-hydroxylation sites is 1. The highest BCUT2D eigenvalue weighted by Gasteiger charge is 2.30. The summed E-state index contributed by atoms with van der Waals surface area (Å²) in [6.45, 7) is 5.13. The summed E-state index contributed by atoms with van der Waals surface area (Å²) in [5.41, 5.74) is 3.75. The number of benzene rings is 2. The maximum absolute atomic E-state index is 13.1. The molecule has 0 radical (unpaired) electrons. The predicted octanol–water partition coefficient (Wildman–Crippen LogP) is 3.90. The summed E-state index contributed by atoms with van der Waals surface area (Å²) in [5, 5.41) is 6.95. The summed E-state index contributed by atoms with van der Waals surface area (Å²) in [6.07, 6.45) is 0.498. The number of methoxy groups -OCH3 is 1. The van der Waals surface area contributed by atoms with E-state index in [1.54, 1.807) is 18.1 Å². The van der Waals surface area contributed by atoms with Crippen molar-refractivity contribution in [1.82, 2.24) is 15.4 Å². The molecule has 1 aliphatic heterocycles. The van der Waals surface area contributed by atoms with Gasteiger partial charge in [-0.3, -0.25) is 9.59 Å². The molecule has 0 saturated carbocycles. The number of carbonyl (C=O) groups is 2. The Balaban J connectivity index is 1.59. The Labute approximate surface area is 193 Å². The fourth-order valence-electron chi connectivity index (χ4n) is 4.15. The lowest BCUT2D eigenvalue weighted by Crippen LogP contribution is -2.37. The molecular formula is C26H29N3O4. The van der Waals surface area contributed by atoms with Crippen molar-refractivity contribution >= 4 is 11.8 Å². The first kappa shape index (κ1) is 22.6. The fraction of sp³-hybridized carbons (Fsp3) is 0.346. The summed E-state index contributed by atoms with van der Waals surface area (Å²) < 4.78 is 10.9. The Morgan fingerprint density at radius 2 is 1.91 bits per heavy atom. The van der Waals surface area contributed by atoms with Crippen molar-refractivity contribution in [2.75, 3.05) is 26.7 Å². The van der Waals surface area contributed by atoms with E-state index in [-0.39, 0.29) is 29.4 Å². The molecule has 172 valence electrons. The van der Waals surface area contributed by atoms with Gasteiger partial charge < -0.3 is 19.5 Å². The summed E-state index contributed by atoms with van der Waals surface area (Å²) in [4.78, 5) is 27.7. The lowest BCUT2D eigenvalue weighted by Gasteiger charge is -2.23. The molecule has 4 rings (SSSR count). The third-order valence-corrected chi connectivity index (χ3v) is 5.99. The van der Waals surface area contributed by atoms with Gasteiger partial charge in [0, 0.05) is 31.3 Å². The van der Waals surface area contributed by atoms with E-state index in [1.165, 1.54) is 0 Å². The topological polar surface area (TPSA) is 84.7 Å². The summed E-state index contributed by atoms with van der Waals surface area (Å²) in [7, 11) is 1.65. The number of carbonyl (C=O) groups excluding carboxylic acids is 2. The van der Waals surface area contributed by atoms with Crippen LogP contribution in [0.1, 0.15) is 41.6 Å². The molecule has 1 aromatic heterocycles. The maximum Gasteiger partial charge on any atom is 0.292 e. The van der Waals surface area contributed by atoms with Crippen molar-refractivity contribution in [3.8, 4) is 16.9 Å². The second-order valence-corrected chi connectivity index (χ2v) is 8.57. The Morgan fingerprint density at radius 3 is 2.64 bits per heavy atom. The van der Waals surface area contributed by atoms with Gasteiger partial charge >= 0.3 is 0 Å². The van der Waals surface area contributed by atoms with Gasteiger partial charge in [0.25, 0.3) is 5.91 Å². The standard InChI is InChI=1S/C26H29N3O4/c1-17(2)22-15-24(33-28-22)26(31)29-13-12-27-25(30)19(16-29)14-18-8-4-5-9-20(18)21-10-6-7-11-23(21)32-3/h4-11,15,17,19H,12-14,16H2,1-3H3,(H,27,30). The van der Waals surface area contributed by atoms with Gasteiger partial charge in [-0.15, -0.1) is 0 Å². The number of hydrogen-bond donors (Lipinski definition) is 1. The summed E-state index contributed by atoms with van der Waals surface area (Å²) >= 11 is 0. The number of nitrogens with zero attached hydrogens (tertiary/aromatic N) is 2. The second kappa shape index (κ2) is 9.90. The zero-order valence-electron chi connectivity index (χ0n) is 19.2. The Morgan fingerprint density at radius 1 is 1.18 bits per heavy atom. The molecule has 0 bridgehead atoms. The number of ether oxygens (including phenoxy) is 1. The van der Waals surface area contributed by atoms with Crippen LogP contribution in [-0.4, -0.2) is 48.6 Å². The summed E-state index contributed by atoms with van der Waals surface area (Å²) in [5.74, 6) is 0.468. The first-order chi connectivity index (χ1) is 16.0. The SMILES string of the molecule is COc1ccccc1-c1ccccc1CC1CN(C(=O)c2cc(C(C)C)no2)CCNC1=O. The van der Waals surface area contributed by atoms with Gasteiger partial charge in [0.15, 0.2) is 0 Å². The van der Waals surface area contributed by atoms with Gasteiger partial charge in [-0.05, 0) is 29.5 Å². The van der Waals surface area contributed by atoms with E-state index in [0.29, 0.717) is 26.1 Å². The molecule has 2 heterocycles. The van der Waals surface area contributed by atoms with Crippen LogP contribution in [0.3, 0.4) is 0 Å². The molecule has 2 amide bonds. The fourth-order valence-corrected chi connectivity index (χ4v) is 4.15. The monoisotopic (exact) mass is 447 g/mol. The van der Waals surface area contributed by atoms with Crippen molar-refractivity contribution in [3.63, 3.8) is 0 Å². The predicted molar refractivity (Wildman–Crippen MR) is 125 cm³/mol. The first-order valence-electron chi connectivity index (χ1n) is 11.2. The molecular weight excluding hydrogens is 418 g/mol. The number of hydrogen-bond acceptors (Lipinski definition) is 5. The molecule has 1 atom stereocenters. The zero-order valence-corrected chi connectivity index (χ0v) is 19.2. The summed E-state index contributed by atoms with van der Waals surface area (Å²) in [6, 6.07) is 17.5. The zero-order chi connectivity index (χ0) is 23.4. The molecule has 33 heavy (non-hydrogen) atoms. The van der Waals surface area contributed by atoms with Crippen LogP contribution in [0, 0.1) is 5.92 Å². The number of amides is 2. The lowest BCUT2D eigenvalue weighted by atomic mass is 9.91. The number of rotatable bonds is 6. The average Bonchev–Trinajstić information content (AvgIpc) is 3.26. The number of nitrogens with one attached hydrogen (secondary N) is 1. The smallest absolute Gasteiger partial charge is 0.292 e. The highest BCUT2D eigenvalue weighted by molar-refractivity contribution is 5.92. The van der Waals surface area contributed by atoms with Crippen molar-refractivity contribution in [2.45, 2.75) is 26.2 Å².